The largest absolute Gasteiger partial charge is 0.493 e. The molecule has 0 fully saturated rings. The normalized spacial score (nSPS) is 10.6. The Morgan fingerprint density at radius 1 is 0.793 bits per heavy atom. The highest BCUT2D eigenvalue weighted by atomic mass is 16.5. The van der Waals surface area contributed by atoms with E-state index in [1.54, 1.807) is 12.1 Å². The summed E-state index contributed by atoms with van der Waals surface area (Å²) in [6, 6.07) is 7.08. The van der Waals surface area contributed by atoms with Crippen molar-refractivity contribution in [1.82, 2.24) is 9.97 Å². The van der Waals surface area contributed by atoms with Gasteiger partial charge in [-0.1, -0.05) is 0 Å². The number of nitrogens with zero attached hydrogens (tertiary/aromatic N) is 2. The lowest BCUT2D eigenvalue weighted by atomic mass is 10.1. The molecule has 8 nitrogen and oxygen atoms in total. The number of nitrogens with one attached hydrogen (secondary N) is 1. The van der Waals surface area contributed by atoms with E-state index in [0.29, 0.717) is 34.0 Å². The summed E-state index contributed by atoms with van der Waals surface area (Å²) in [6.07, 6.45) is 0. The Morgan fingerprint density at radius 3 is 1.83 bits per heavy atom. The van der Waals surface area contributed by atoms with Gasteiger partial charge in [0.15, 0.2) is 17.2 Å². The maximum absolute atomic E-state index is 12.9. The zero-order chi connectivity index (χ0) is 21.1. The average molecular weight is 397 g/mol. The number of amides is 1. The minimum absolute atomic E-state index is 0.0806. The first kappa shape index (κ1) is 20.2. The van der Waals surface area contributed by atoms with E-state index in [9.17, 15) is 4.79 Å². The molecule has 0 atom stereocenters. The SMILES string of the molecule is COc1cc(NC(=O)c2nc3cc(C)c(C)cc3nc2OC)cc(OC)c1OC. The second kappa shape index (κ2) is 8.22. The van der Waals surface area contributed by atoms with Gasteiger partial charge >= 0.3 is 0 Å². The van der Waals surface area contributed by atoms with Gasteiger partial charge in [0.25, 0.3) is 5.91 Å². The molecule has 3 aromatic rings. The average Bonchev–Trinajstić information content (AvgIpc) is 2.72. The molecule has 1 amide bonds. The fraction of sp³-hybridized carbons (Fsp3) is 0.286. The van der Waals surface area contributed by atoms with Gasteiger partial charge in [0.1, 0.15) is 0 Å². The molecule has 1 heterocycles. The van der Waals surface area contributed by atoms with Crippen LogP contribution in [0.4, 0.5) is 5.69 Å². The number of carbonyl (C=O) groups is 1. The first-order chi connectivity index (χ1) is 13.9. The maximum atomic E-state index is 12.9. The van der Waals surface area contributed by atoms with Crippen molar-refractivity contribution in [3.05, 3.63) is 41.1 Å². The summed E-state index contributed by atoms with van der Waals surface area (Å²) in [6.45, 7) is 3.98. The smallest absolute Gasteiger partial charge is 0.279 e. The van der Waals surface area contributed by atoms with Gasteiger partial charge in [0, 0.05) is 17.8 Å². The molecule has 29 heavy (non-hydrogen) atoms. The van der Waals surface area contributed by atoms with E-state index in [1.807, 2.05) is 26.0 Å². The van der Waals surface area contributed by atoms with Gasteiger partial charge in [-0.25, -0.2) is 9.97 Å². The number of methoxy groups -OCH3 is 4. The molecular weight excluding hydrogens is 374 g/mol. The highest BCUT2D eigenvalue weighted by molar-refractivity contribution is 6.05. The molecule has 0 bridgehead atoms. The number of anilines is 1. The highest BCUT2D eigenvalue weighted by Gasteiger charge is 2.20. The van der Waals surface area contributed by atoms with Crippen molar-refractivity contribution >= 4 is 22.6 Å². The third kappa shape index (κ3) is 3.87. The van der Waals surface area contributed by atoms with Crippen molar-refractivity contribution in [2.45, 2.75) is 13.8 Å². The monoisotopic (exact) mass is 397 g/mol. The number of rotatable bonds is 6. The first-order valence-electron chi connectivity index (χ1n) is 8.86. The lowest BCUT2D eigenvalue weighted by molar-refractivity contribution is 0.101. The summed E-state index contributed by atoms with van der Waals surface area (Å²) in [5.41, 5.74) is 3.96. The second-order valence-corrected chi connectivity index (χ2v) is 6.37. The van der Waals surface area contributed by atoms with Crippen LogP contribution in [0.25, 0.3) is 11.0 Å². The summed E-state index contributed by atoms with van der Waals surface area (Å²) in [7, 11) is 5.97. The van der Waals surface area contributed by atoms with E-state index in [0.717, 1.165) is 11.1 Å². The lowest BCUT2D eigenvalue weighted by Gasteiger charge is -2.15. The molecule has 0 saturated heterocycles. The van der Waals surface area contributed by atoms with E-state index >= 15 is 0 Å². The molecule has 2 aromatic carbocycles. The van der Waals surface area contributed by atoms with Gasteiger partial charge < -0.3 is 24.3 Å². The predicted octanol–water partition coefficient (Wildman–Crippen LogP) is 3.53. The molecule has 0 spiro atoms. The second-order valence-electron chi connectivity index (χ2n) is 6.37. The molecular formula is C21H23N3O5. The number of hydrogen-bond donors (Lipinski definition) is 1. The molecule has 152 valence electrons. The van der Waals surface area contributed by atoms with Crippen LogP contribution in [0.2, 0.25) is 0 Å². The van der Waals surface area contributed by atoms with Crippen LogP contribution >= 0.6 is 0 Å². The van der Waals surface area contributed by atoms with E-state index in [2.05, 4.69) is 15.3 Å². The zero-order valence-corrected chi connectivity index (χ0v) is 17.2. The van der Waals surface area contributed by atoms with Gasteiger partial charge in [-0.2, -0.15) is 0 Å². The predicted molar refractivity (Wildman–Crippen MR) is 110 cm³/mol. The van der Waals surface area contributed by atoms with Crippen molar-refractivity contribution < 1.29 is 23.7 Å². The van der Waals surface area contributed by atoms with Crippen molar-refractivity contribution in [1.29, 1.82) is 0 Å². The van der Waals surface area contributed by atoms with Crippen LogP contribution in [-0.4, -0.2) is 44.3 Å². The minimum Gasteiger partial charge on any atom is -0.493 e. The fourth-order valence-electron chi connectivity index (χ4n) is 2.93. The van der Waals surface area contributed by atoms with E-state index in [4.69, 9.17) is 18.9 Å². The topological polar surface area (TPSA) is 91.8 Å². The molecule has 0 aliphatic rings. The number of hydrogen-bond acceptors (Lipinski definition) is 7. The van der Waals surface area contributed by atoms with Gasteiger partial charge in [-0.15, -0.1) is 0 Å². The number of carbonyl (C=O) groups excluding carboxylic acids is 1. The van der Waals surface area contributed by atoms with Crippen molar-refractivity contribution in [3.8, 4) is 23.1 Å². The molecule has 8 heteroatoms. The van der Waals surface area contributed by atoms with Crippen LogP contribution in [0.3, 0.4) is 0 Å². The van der Waals surface area contributed by atoms with Crippen molar-refractivity contribution in [3.63, 3.8) is 0 Å². The minimum atomic E-state index is -0.469. The van der Waals surface area contributed by atoms with Crippen molar-refractivity contribution in [2.24, 2.45) is 0 Å². The fourth-order valence-corrected chi connectivity index (χ4v) is 2.93. The Hall–Kier alpha value is -3.55. The number of aryl methyl sites for hydroxylation is 2. The van der Waals surface area contributed by atoms with Crippen LogP contribution in [0.1, 0.15) is 21.6 Å². The highest BCUT2D eigenvalue weighted by Crippen LogP contribution is 2.40. The van der Waals surface area contributed by atoms with E-state index in [-0.39, 0.29) is 11.6 Å². The van der Waals surface area contributed by atoms with Crippen LogP contribution in [0, 0.1) is 13.8 Å². The molecule has 1 aromatic heterocycles. The van der Waals surface area contributed by atoms with E-state index in [1.165, 1.54) is 28.4 Å². The Labute approximate surface area is 168 Å². The van der Waals surface area contributed by atoms with Gasteiger partial charge in [-0.3, -0.25) is 4.79 Å². The molecule has 0 aliphatic carbocycles. The molecule has 0 saturated carbocycles. The van der Waals surface area contributed by atoms with Gasteiger partial charge in [0.05, 0.1) is 39.5 Å². The number of fused-ring (bicyclic) bond motifs is 1. The van der Waals surface area contributed by atoms with E-state index < -0.39 is 5.91 Å². The molecule has 0 unspecified atom stereocenters. The Kier molecular flexibility index (Phi) is 5.72. The third-order valence-corrected chi connectivity index (χ3v) is 4.58. The number of benzene rings is 2. The summed E-state index contributed by atoms with van der Waals surface area (Å²) < 4.78 is 21.3. The van der Waals surface area contributed by atoms with Crippen LogP contribution in [-0.2, 0) is 0 Å². The Morgan fingerprint density at radius 2 is 1.34 bits per heavy atom. The van der Waals surface area contributed by atoms with Crippen LogP contribution < -0.4 is 24.3 Å². The van der Waals surface area contributed by atoms with Crippen molar-refractivity contribution in [2.75, 3.05) is 33.8 Å². The number of ether oxygens (including phenoxy) is 4. The molecule has 3 rings (SSSR count). The quantitative estimate of drug-likeness (QED) is 0.680. The summed E-state index contributed by atoms with van der Waals surface area (Å²) in [5, 5.41) is 2.79. The van der Waals surface area contributed by atoms with Crippen LogP contribution in [0.15, 0.2) is 24.3 Å². The molecule has 1 N–H and O–H groups in total. The molecule has 0 radical (unpaired) electrons. The zero-order valence-electron chi connectivity index (χ0n) is 17.2. The third-order valence-electron chi connectivity index (χ3n) is 4.58. The summed E-state index contributed by atoms with van der Waals surface area (Å²) >= 11 is 0. The summed E-state index contributed by atoms with van der Waals surface area (Å²) in [4.78, 5) is 21.9. The summed E-state index contributed by atoms with van der Waals surface area (Å²) in [5.74, 6) is 0.950. The van der Waals surface area contributed by atoms with Gasteiger partial charge in [0.2, 0.25) is 11.6 Å². The first-order valence-corrected chi connectivity index (χ1v) is 8.86. The van der Waals surface area contributed by atoms with Crippen LogP contribution in [0.5, 0.6) is 23.1 Å². The lowest BCUT2D eigenvalue weighted by Crippen LogP contribution is -2.16. The van der Waals surface area contributed by atoms with Gasteiger partial charge in [-0.05, 0) is 37.1 Å². The maximum Gasteiger partial charge on any atom is 0.279 e. The standard InChI is InChI=1S/C21H23N3O5/c1-11-7-14-15(8-12(11)2)24-21(29-6)18(23-14)20(25)22-13-9-16(26-3)19(28-5)17(10-13)27-4/h7-10H,1-6H3,(H,22,25). The Bertz CT molecular complexity index is 1060. The number of aromatic nitrogens is 2. The molecule has 0 aliphatic heterocycles. The Balaban J connectivity index is 2.02.